The summed E-state index contributed by atoms with van der Waals surface area (Å²) in [6, 6.07) is 0. The van der Waals surface area contributed by atoms with Crippen molar-refractivity contribution < 1.29 is 4.79 Å². The van der Waals surface area contributed by atoms with E-state index in [0.29, 0.717) is 18.8 Å². The lowest BCUT2D eigenvalue weighted by Gasteiger charge is -1.98. The van der Waals surface area contributed by atoms with Gasteiger partial charge in [-0.1, -0.05) is 5.21 Å². The van der Waals surface area contributed by atoms with Crippen LogP contribution in [0.5, 0.6) is 0 Å². The zero-order chi connectivity index (χ0) is 8.27. The lowest BCUT2D eigenvalue weighted by molar-refractivity contribution is 0.100. The molecular weight excluding hydrogens is 144 g/mol. The molecule has 0 spiro atoms. The van der Waals surface area contributed by atoms with Gasteiger partial charge in [-0.05, 0) is 0 Å². The molecule has 0 unspecified atom stereocenters. The van der Waals surface area contributed by atoms with E-state index in [-0.39, 0.29) is 5.78 Å². The van der Waals surface area contributed by atoms with Crippen LogP contribution in [0.4, 0.5) is 0 Å². The predicted molar refractivity (Wildman–Crippen MR) is 39.1 cm³/mol. The molecule has 0 radical (unpaired) electrons. The number of hydrogen-bond acceptors (Lipinski definition) is 4. The molecule has 2 N–H and O–H groups in total. The highest BCUT2D eigenvalue weighted by Crippen LogP contribution is 1.95. The van der Waals surface area contributed by atoms with Gasteiger partial charge in [0, 0.05) is 13.5 Å². The molecule has 5 nitrogen and oxygen atoms in total. The van der Waals surface area contributed by atoms with Gasteiger partial charge in [-0.25, -0.2) is 4.68 Å². The van der Waals surface area contributed by atoms with Gasteiger partial charge in [0.2, 0.25) is 0 Å². The first-order chi connectivity index (χ1) is 5.25. The first kappa shape index (κ1) is 7.87. The van der Waals surface area contributed by atoms with Crippen LogP contribution in [0.1, 0.15) is 17.4 Å². The number of nitrogens with zero attached hydrogens (tertiary/aromatic N) is 3. The Morgan fingerprint density at radius 1 is 1.82 bits per heavy atom. The highest BCUT2D eigenvalue weighted by atomic mass is 16.1. The van der Waals surface area contributed by atoms with E-state index >= 15 is 0 Å². The summed E-state index contributed by atoms with van der Waals surface area (Å²) in [4.78, 5) is 10.9. The van der Waals surface area contributed by atoms with Crippen LogP contribution in [0.2, 0.25) is 0 Å². The number of nitrogens with two attached hydrogens (primary N) is 1. The molecule has 1 aromatic heterocycles. The second kappa shape index (κ2) is 3.25. The molecular formula is C6H10N4O. The van der Waals surface area contributed by atoms with Gasteiger partial charge in [0.15, 0.2) is 5.78 Å². The quantitative estimate of drug-likeness (QED) is 0.592. The van der Waals surface area contributed by atoms with E-state index in [0.717, 1.165) is 0 Å². The Labute approximate surface area is 64.2 Å². The van der Waals surface area contributed by atoms with Crippen LogP contribution in [0.3, 0.4) is 0 Å². The van der Waals surface area contributed by atoms with Crippen molar-refractivity contribution in [3.63, 3.8) is 0 Å². The molecule has 0 saturated carbocycles. The van der Waals surface area contributed by atoms with Crippen molar-refractivity contribution in [1.82, 2.24) is 15.0 Å². The number of rotatable bonds is 3. The van der Waals surface area contributed by atoms with Crippen molar-refractivity contribution in [2.45, 2.75) is 13.5 Å². The van der Waals surface area contributed by atoms with Crippen molar-refractivity contribution in [3.05, 3.63) is 11.9 Å². The maximum atomic E-state index is 10.9. The standard InChI is InChI=1S/C6H10N4O/c1-5(11)6-4-8-9-10(6)3-2-7/h4H,2-3,7H2,1H3. The monoisotopic (exact) mass is 154 g/mol. The summed E-state index contributed by atoms with van der Waals surface area (Å²) < 4.78 is 1.50. The number of hydrogen-bond donors (Lipinski definition) is 1. The zero-order valence-electron chi connectivity index (χ0n) is 6.32. The minimum atomic E-state index is -0.0385. The molecule has 0 aromatic carbocycles. The van der Waals surface area contributed by atoms with Crippen LogP contribution in [0.25, 0.3) is 0 Å². The van der Waals surface area contributed by atoms with Gasteiger partial charge >= 0.3 is 0 Å². The van der Waals surface area contributed by atoms with Crippen LogP contribution in [0, 0.1) is 0 Å². The fourth-order valence-corrected chi connectivity index (χ4v) is 0.818. The maximum absolute atomic E-state index is 10.9. The third kappa shape index (κ3) is 1.62. The fourth-order valence-electron chi connectivity index (χ4n) is 0.818. The largest absolute Gasteiger partial charge is 0.329 e. The molecule has 0 fully saturated rings. The molecule has 0 atom stereocenters. The molecule has 1 rings (SSSR count). The van der Waals surface area contributed by atoms with Gasteiger partial charge in [-0.3, -0.25) is 4.79 Å². The average Bonchev–Trinajstić information content (AvgIpc) is 2.36. The van der Waals surface area contributed by atoms with Crippen LogP contribution < -0.4 is 5.73 Å². The van der Waals surface area contributed by atoms with E-state index in [9.17, 15) is 4.79 Å². The summed E-state index contributed by atoms with van der Waals surface area (Å²) in [6.07, 6.45) is 1.44. The summed E-state index contributed by atoms with van der Waals surface area (Å²) in [7, 11) is 0. The molecule has 60 valence electrons. The number of aromatic nitrogens is 3. The number of carbonyl (C=O) groups excluding carboxylic acids is 1. The van der Waals surface area contributed by atoms with Crippen molar-refractivity contribution in [3.8, 4) is 0 Å². The van der Waals surface area contributed by atoms with E-state index in [2.05, 4.69) is 10.3 Å². The van der Waals surface area contributed by atoms with E-state index in [1.54, 1.807) is 0 Å². The lowest BCUT2D eigenvalue weighted by atomic mass is 10.3. The van der Waals surface area contributed by atoms with Crippen molar-refractivity contribution in [2.24, 2.45) is 5.73 Å². The molecule has 0 bridgehead atoms. The molecule has 0 aliphatic rings. The normalized spacial score (nSPS) is 10.0. The summed E-state index contributed by atoms with van der Waals surface area (Å²) in [5, 5.41) is 7.29. The van der Waals surface area contributed by atoms with E-state index in [1.807, 2.05) is 0 Å². The molecule has 0 aliphatic heterocycles. The fraction of sp³-hybridized carbons (Fsp3) is 0.500. The van der Waals surface area contributed by atoms with Gasteiger partial charge in [-0.15, -0.1) is 5.10 Å². The molecule has 0 amide bonds. The van der Waals surface area contributed by atoms with Crippen molar-refractivity contribution >= 4 is 5.78 Å². The minimum Gasteiger partial charge on any atom is -0.329 e. The molecule has 5 heteroatoms. The smallest absolute Gasteiger partial charge is 0.179 e. The number of carbonyl (C=O) groups is 1. The summed E-state index contributed by atoms with van der Waals surface area (Å²) in [6.45, 7) is 2.48. The molecule has 0 saturated heterocycles. The number of ketones is 1. The zero-order valence-corrected chi connectivity index (χ0v) is 6.32. The summed E-state index contributed by atoms with van der Waals surface area (Å²) in [5.41, 5.74) is 5.80. The third-order valence-corrected chi connectivity index (χ3v) is 1.32. The second-order valence-electron chi connectivity index (χ2n) is 2.19. The molecule has 11 heavy (non-hydrogen) atoms. The van der Waals surface area contributed by atoms with Gasteiger partial charge in [0.05, 0.1) is 12.7 Å². The topological polar surface area (TPSA) is 73.8 Å². The Balaban J connectivity index is 2.87. The Bertz CT molecular complexity index is 255. The Morgan fingerprint density at radius 3 is 3.09 bits per heavy atom. The lowest BCUT2D eigenvalue weighted by Crippen LogP contribution is -2.15. The highest BCUT2D eigenvalue weighted by Gasteiger charge is 2.06. The first-order valence-corrected chi connectivity index (χ1v) is 3.35. The maximum Gasteiger partial charge on any atom is 0.179 e. The minimum absolute atomic E-state index is 0.0385. The van der Waals surface area contributed by atoms with Crippen LogP contribution in [-0.4, -0.2) is 27.3 Å². The Morgan fingerprint density at radius 2 is 2.55 bits per heavy atom. The van der Waals surface area contributed by atoms with Gasteiger partial charge in [0.1, 0.15) is 5.69 Å². The summed E-state index contributed by atoms with van der Waals surface area (Å²) in [5.74, 6) is -0.0385. The van der Waals surface area contributed by atoms with Crippen molar-refractivity contribution in [1.29, 1.82) is 0 Å². The van der Waals surface area contributed by atoms with Gasteiger partial charge in [-0.2, -0.15) is 0 Å². The third-order valence-electron chi connectivity index (χ3n) is 1.32. The Hall–Kier alpha value is -1.23. The van der Waals surface area contributed by atoms with Gasteiger partial charge in [0.25, 0.3) is 0 Å². The van der Waals surface area contributed by atoms with E-state index in [4.69, 9.17) is 5.73 Å². The van der Waals surface area contributed by atoms with Crippen molar-refractivity contribution in [2.75, 3.05) is 6.54 Å². The van der Waals surface area contributed by atoms with Crippen LogP contribution >= 0.6 is 0 Å². The van der Waals surface area contributed by atoms with E-state index < -0.39 is 0 Å². The molecule has 1 aromatic rings. The number of Topliss-reactive ketones (excluding diaryl/α,β-unsaturated/α-hetero) is 1. The first-order valence-electron chi connectivity index (χ1n) is 3.35. The van der Waals surface area contributed by atoms with E-state index in [1.165, 1.54) is 17.8 Å². The molecule has 0 aliphatic carbocycles. The van der Waals surface area contributed by atoms with Gasteiger partial charge < -0.3 is 5.73 Å². The average molecular weight is 154 g/mol. The van der Waals surface area contributed by atoms with Crippen LogP contribution in [-0.2, 0) is 6.54 Å². The predicted octanol–water partition coefficient (Wildman–Crippen LogP) is -0.561. The Kier molecular flexibility index (Phi) is 2.32. The molecule has 1 heterocycles. The van der Waals surface area contributed by atoms with Crippen LogP contribution in [0.15, 0.2) is 6.20 Å². The second-order valence-corrected chi connectivity index (χ2v) is 2.19. The summed E-state index contributed by atoms with van der Waals surface area (Å²) >= 11 is 0. The SMILES string of the molecule is CC(=O)c1cnnn1CCN. The highest BCUT2D eigenvalue weighted by molar-refractivity contribution is 5.91.